The molecule has 0 saturated heterocycles. The van der Waals surface area contributed by atoms with Crippen LogP contribution < -0.4 is 10.2 Å². The molecule has 5 heteroatoms. The first-order valence-corrected chi connectivity index (χ1v) is 7.93. The van der Waals surface area contributed by atoms with E-state index < -0.39 is 0 Å². The van der Waals surface area contributed by atoms with E-state index in [9.17, 15) is 4.79 Å². The Morgan fingerprint density at radius 2 is 1.86 bits per heavy atom. The predicted molar refractivity (Wildman–Crippen MR) is 86.8 cm³/mol. The molecular weight excluding hydrogens is 264 g/mol. The summed E-state index contributed by atoms with van der Waals surface area (Å²) in [6, 6.07) is 1.95. The standard InChI is InChI=1S/C16H28N4O/c1-6-9-20(10-7-2)15-11-14(18-13(5)19-15)16(21)17-12(4)8-3/h11-12H,6-10H2,1-5H3,(H,17,21). The fourth-order valence-corrected chi connectivity index (χ4v) is 2.11. The third kappa shape index (κ3) is 5.33. The molecule has 1 aromatic heterocycles. The van der Waals surface area contributed by atoms with Crippen LogP contribution >= 0.6 is 0 Å². The van der Waals surface area contributed by atoms with Crippen LogP contribution in [0.3, 0.4) is 0 Å². The lowest BCUT2D eigenvalue weighted by molar-refractivity contribution is 0.0934. The van der Waals surface area contributed by atoms with Gasteiger partial charge in [0.05, 0.1) is 0 Å². The molecule has 118 valence electrons. The summed E-state index contributed by atoms with van der Waals surface area (Å²) < 4.78 is 0. The monoisotopic (exact) mass is 292 g/mol. The number of aromatic nitrogens is 2. The number of carbonyl (C=O) groups is 1. The molecular formula is C16H28N4O. The Morgan fingerprint density at radius 1 is 1.24 bits per heavy atom. The molecule has 0 aliphatic rings. The van der Waals surface area contributed by atoms with Crippen molar-refractivity contribution in [3.63, 3.8) is 0 Å². The van der Waals surface area contributed by atoms with Crippen LogP contribution in [0.5, 0.6) is 0 Å². The lowest BCUT2D eigenvalue weighted by Gasteiger charge is -2.23. The summed E-state index contributed by atoms with van der Waals surface area (Å²) in [5, 5.41) is 2.96. The highest BCUT2D eigenvalue weighted by atomic mass is 16.1. The Morgan fingerprint density at radius 3 is 2.38 bits per heavy atom. The highest BCUT2D eigenvalue weighted by molar-refractivity contribution is 5.93. The molecule has 0 radical (unpaired) electrons. The van der Waals surface area contributed by atoms with Gasteiger partial charge >= 0.3 is 0 Å². The molecule has 0 aromatic carbocycles. The summed E-state index contributed by atoms with van der Waals surface area (Å²) in [4.78, 5) is 23.2. The van der Waals surface area contributed by atoms with Gasteiger partial charge in [-0.2, -0.15) is 0 Å². The van der Waals surface area contributed by atoms with Crippen LogP contribution in [0.1, 0.15) is 63.3 Å². The topological polar surface area (TPSA) is 58.1 Å². The van der Waals surface area contributed by atoms with Gasteiger partial charge in [0.25, 0.3) is 5.91 Å². The van der Waals surface area contributed by atoms with Gasteiger partial charge in [-0.3, -0.25) is 4.79 Å². The number of anilines is 1. The van der Waals surface area contributed by atoms with Gasteiger partial charge in [-0.1, -0.05) is 20.8 Å². The molecule has 1 aromatic rings. The summed E-state index contributed by atoms with van der Waals surface area (Å²) in [6.45, 7) is 12.0. The highest BCUT2D eigenvalue weighted by Crippen LogP contribution is 2.14. The molecule has 1 N–H and O–H groups in total. The van der Waals surface area contributed by atoms with Crippen LogP contribution in [0.4, 0.5) is 5.82 Å². The minimum Gasteiger partial charge on any atom is -0.357 e. The summed E-state index contributed by atoms with van der Waals surface area (Å²) in [6.07, 6.45) is 3.01. The average Bonchev–Trinajstić information content (AvgIpc) is 2.46. The Bertz CT molecular complexity index is 456. The molecule has 1 rings (SSSR count). The van der Waals surface area contributed by atoms with Crippen LogP contribution in [-0.2, 0) is 0 Å². The van der Waals surface area contributed by atoms with E-state index in [1.54, 1.807) is 6.07 Å². The van der Waals surface area contributed by atoms with Crippen molar-refractivity contribution in [3.8, 4) is 0 Å². The van der Waals surface area contributed by atoms with E-state index in [0.717, 1.165) is 38.2 Å². The van der Waals surface area contributed by atoms with Gasteiger partial charge in [-0.05, 0) is 33.1 Å². The van der Waals surface area contributed by atoms with Gasteiger partial charge in [-0.25, -0.2) is 9.97 Å². The summed E-state index contributed by atoms with van der Waals surface area (Å²) in [5.41, 5.74) is 0.454. The number of nitrogens with one attached hydrogen (secondary N) is 1. The second-order valence-corrected chi connectivity index (χ2v) is 5.43. The number of rotatable bonds is 8. The van der Waals surface area contributed by atoms with Crippen molar-refractivity contribution in [3.05, 3.63) is 17.6 Å². The van der Waals surface area contributed by atoms with Gasteiger partial charge in [0, 0.05) is 25.2 Å². The molecule has 0 aliphatic carbocycles. The van der Waals surface area contributed by atoms with Crippen molar-refractivity contribution in [2.45, 2.75) is 59.9 Å². The zero-order chi connectivity index (χ0) is 15.8. The van der Waals surface area contributed by atoms with Gasteiger partial charge in [-0.15, -0.1) is 0 Å². The smallest absolute Gasteiger partial charge is 0.270 e. The van der Waals surface area contributed by atoms with E-state index >= 15 is 0 Å². The molecule has 0 saturated carbocycles. The number of aryl methyl sites for hydroxylation is 1. The minimum absolute atomic E-state index is 0.121. The Labute approximate surface area is 128 Å². The van der Waals surface area contributed by atoms with Crippen LogP contribution in [0, 0.1) is 6.92 Å². The Hall–Kier alpha value is -1.65. The van der Waals surface area contributed by atoms with E-state index in [4.69, 9.17) is 0 Å². The second kappa shape index (κ2) is 8.60. The molecule has 0 aliphatic heterocycles. The van der Waals surface area contributed by atoms with Gasteiger partial charge in [0.2, 0.25) is 0 Å². The van der Waals surface area contributed by atoms with E-state index in [0.29, 0.717) is 11.5 Å². The fraction of sp³-hybridized carbons (Fsp3) is 0.688. The quantitative estimate of drug-likeness (QED) is 0.800. The van der Waals surface area contributed by atoms with Crippen LogP contribution in [0.2, 0.25) is 0 Å². The molecule has 1 unspecified atom stereocenters. The third-order valence-electron chi connectivity index (χ3n) is 3.36. The van der Waals surface area contributed by atoms with Gasteiger partial charge < -0.3 is 10.2 Å². The SMILES string of the molecule is CCCN(CCC)c1cc(C(=O)NC(C)CC)nc(C)n1. The first-order chi connectivity index (χ1) is 10.0. The summed E-state index contributed by atoms with van der Waals surface area (Å²) >= 11 is 0. The van der Waals surface area contributed by atoms with Crippen molar-refractivity contribution < 1.29 is 4.79 Å². The maximum absolute atomic E-state index is 12.2. The van der Waals surface area contributed by atoms with Crippen molar-refractivity contribution in [1.82, 2.24) is 15.3 Å². The average molecular weight is 292 g/mol. The number of hydrogen-bond donors (Lipinski definition) is 1. The number of hydrogen-bond acceptors (Lipinski definition) is 4. The van der Waals surface area contributed by atoms with Crippen molar-refractivity contribution in [2.75, 3.05) is 18.0 Å². The van der Waals surface area contributed by atoms with E-state index in [1.807, 2.05) is 20.8 Å². The molecule has 1 atom stereocenters. The van der Waals surface area contributed by atoms with E-state index in [-0.39, 0.29) is 11.9 Å². The number of amides is 1. The third-order valence-corrected chi connectivity index (χ3v) is 3.36. The summed E-state index contributed by atoms with van der Waals surface area (Å²) in [7, 11) is 0. The molecule has 1 heterocycles. The van der Waals surface area contributed by atoms with Crippen molar-refractivity contribution in [1.29, 1.82) is 0 Å². The molecule has 5 nitrogen and oxygen atoms in total. The number of carbonyl (C=O) groups excluding carboxylic acids is 1. The zero-order valence-corrected chi connectivity index (χ0v) is 13.9. The van der Waals surface area contributed by atoms with Gasteiger partial charge in [0.15, 0.2) is 0 Å². The normalized spacial score (nSPS) is 12.0. The van der Waals surface area contributed by atoms with Crippen LogP contribution in [0.15, 0.2) is 6.07 Å². The maximum atomic E-state index is 12.2. The molecule has 1 amide bonds. The largest absolute Gasteiger partial charge is 0.357 e. The van der Waals surface area contributed by atoms with Crippen molar-refractivity contribution >= 4 is 11.7 Å². The molecule has 21 heavy (non-hydrogen) atoms. The molecule has 0 bridgehead atoms. The summed E-state index contributed by atoms with van der Waals surface area (Å²) in [5.74, 6) is 1.36. The van der Waals surface area contributed by atoms with E-state index in [2.05, 4.69) is 34.0 Å². The number of nitrogens with zero attached hydrogens (tertiary/aromatic N) is 3. The predicted octanol–water partition coefficient (Wildman–Crippen LogP) is 2.94. The Balaban J connectivity index is 2.99. The molecule has 0 fully saturated rings. The van der Waals surface area contributed by atoms with E-state index in [1.165, 1.54) is 0 Å². The van der Waals surface area contributed by atoms with Crippen LogP contribution in [-0.4, -0.2) is 35.0 Å². The fourth-order valence-electron chi connectivity index (χ4n) is 2.11. The Kier molecular flexibility index (Phi) is 7.12. The lowest BCUT2D eigenvalue weighted by atomic mass is 10.2. The van der Waals surface area contributed by atoms with Crippen LogP contribution in [0.25, 0.3) is 0 Å². The minimum atomic E-state index is -0.121. The maximum Gasteiger partial charge on any atom is 0.270 e. The zero-order valence-electron chi connectivity index (χ0n) is 13.9. The van der Waals surface area contributed by atoms with Crippen molar-refractivity contribution in [2.24, 2.45) is 0 Å². The molecule has 0 spiro atoms. The first-order valence-electron chi connectivity index (χ1n) is 7.93. The lowest BCUT2D eigenvalue weighted by Crippen LogP contribution is -2.33. The highest BCUT2D eigenvalue weighted by Gasteiger charge is 2.15. The first kappa shape index (κ1) is 17.4. The van der Waals surface area contributed by atoms with Gasteiger partial charge in [0.1, 0.15) is 17.3 Å². The second-order valence-electron chi connectivity index (χ2n) is 5.43.